The van der Waals surface area contributed by atoms with Gasteiger partial charge in [0.1, 0.15) is 48.8 Å². The van der Waals surface area contributed by atoms with Crippen LogP contribution < -0.4 is 0 Å². The molecule has 0 unspecified atom stereocenters. The second-order valence-corrected chi connectivity index (χ2v) is 21.7. The van der Waals surface area contributed by atoms with Crippen molar-refractivity contribution in [3.05, 3.63) is 0 Å². The summed E-state index contributed by atoms with van der Waals surface area (Å²) in [5.41, 5.74) is -1.11. The van der Waals surface area contributed by atoms with Crippen LogP contribution in [-0.4, -0.2) is 147 Å². The van der Waals surface area contributed by atoms with Gasteiger partial charge in [-0.3, -0.25) is 18.1 Å². The van der Waals surface area contributed by atoms with Crippen molar-refractivity contribution in [2.24, 2.45) is 5.41 Å². The summed E-state index contributed by atoms with van der Waals surface area (Å²) in [6.45, 7) is 1.32. The van der Waals surface area contributed by atoms with Crippen LogP contribution in [0.4, 0.5) is 0 Å². The summed E-state index contributed by atoms with van der Waals surface area (Å²) in [5, 5.41) is 42.8. The summed E-state index contributed by atoms with van der Waals surface area (Å²) < 4.78 is 89.6. The summed E-state index contributed by atoms with van der Waals surface area (Å²) in [6.07, 6.45) is -1.51. The van der Waals surface area contributed by atoms with E-state index in [4.69, 9.17) is 28.0 Å². The average molecular weight is 1030 g/mol. The molecule has 2 rings (SSSR count). The van der Waals surface area contributed by atoms with E-state index >= 15 is 0 Å². The minimum absolute atomic E-state index is 0.322. The van der Waals surface area contributed by atoms with E-state index in [1.807, 2.05) is 6.92 Å². The van der Waals surface area contributed by atoms with Crippen LogP contribution in [0.1, 0.15) is 142 Å². The maximum absolute atomic E-state index is 12.0. The monoisotopic (exact) mass is 1030 g/mol. The number of ether oxygens (including phenoxy) is 4. The quantitative estimate of drug-likeness (QED) is 0.0312. The van der Waals surface area contributed by atoms with Crippen molar-refractivity contribution >= 4 is 31.3 Å². The third-order valence-electron chi connectivity index (χ3n) is 11.4. The highest BCUT2D eigenvalue weighted by molar-refractivity contribution is 7.47. The highest BCUT2D eigenvalue weighted by atomic mass is 31.2. The lowest BCUT2D eigenvalue weighted by molar-refractivity contribution is -0.314. The molecule has 0 aromatic heterocycles. The van der Waals surface area contributed by atoms with Crippen LogP contribution >= 0.6 is 31.3 Å². The number of phosphoric ester groups is 4. The zero-order valence-corrected chi connectivity index (χ0v) is 40.9. The van der Waals surface area contributed by atoms with E-state index in [1.165, 1.54) is 44.9 Å². The Morgan fingerprint density at radius 3 is 0.969 bits per heavy atom. The van der Waals surface area contributed by atoms with Crippen LogP contribution in [-0.2, 0) is 55.3 Å². The van der Waals surface area contributed by atoms with Crippen molar-refractivity contribution < 1.29 is 115 Å². The number of unbranched alkanes of at least 4 members (excludes halogenated alkanes) is 16. The lowest BCUT2D eigenvalue weighted by atomic mass is 9.79. The first-order chi connectivity index (χ1) is 30.4. The van der Waals surface area contributed by atoms with Crippen molar-refractivity contribution in [1.29, 1.82) is 0 Å². The highest BCUT2D eigenvalue weighted by Gasteiger charge is 2.54. The predicted octanol–water partition coefficient (Wildman–Crippen LogP) is 3.92. The van der Waals surface area contributed by atoms with Gasteiger partial charge in [-0.25, -0.2) is 18.3 Å². The molecule has 2 aliphatic rings. The van der Waals surface area contributed by atoms with E-state index in [0.717, 1.165) is 57.8 Å². The topological polar surface area (TPSA) is 385 Å². The Bertz CT molecular complexity index is 1410. The fourth-order valence-electron chi connectivity index (χ4n) is 8.08. The zero-order valence-electron chi connectivity index (χ0n) is 37.3. The van der Waals surface area contributed by atoms with E-state index in [1.54, 1.807) is 0 Å². The number of rotatable bonds is 36. The lowest BCUT2D eigenvalue weighted by Gasteiger charge is -2.45. The van der Waals surface area contributed by atoms with Gasteiger partial charge in [0, 0.05) is 5.41 Å². The number of hydrogen-bond donors (Lipinski definition) is 12. The minimum atomic E-state index is -5.50. The van der Waals surface area contributed by atoms with Gasteiger partial charge >= 0.3 is 31.3 Å². The van der Waals surface area contributed by atoms with Crippen LogP contribution in [0.3, 0.4) is 0 Å². The summed E-state index contributed by atoms with van der Waals surface area (Å²) in [6, 6.07) is 0. The van der Waals surface area contributed by atoms with Gasteiger partial charge in [0.15, 0.2) is 12.6 Å². The molecule has 28 heteroatoms. The number of phosphoric acid groups is 4. The van der Waals surface area contributed by atoms with Crippen molar-refractivity contribution in [2.45, 2.75) is 204 Å². The van der Waals surface area contributed by atoms with Gasteiger partial charge < -0.3 is 78.5 Å². The van der Waals surface area contributed by atoms with Gasteiger partial charge in [-0.05, 0) is 12.8 Å². The SMILES string of the molecule is CCCCCCCCCCCCCCCCC(CCCCCC)(CO[C@@H]1O[C@H](CO)[C@H](OP(=O)(O)O)[C@H](OP(=O)(O)O)[C@H]1O)CO[C@@H]1O[C@H](CO)[C@H](OP(=O)(O)O)[C@H](OP(=O)(O)O)[C@H]1O. The molecule has 2 saturated heterocycles. The molecule has 65 heavy (non-hydrogen) atoms. The summed E-state index contributed by atoms with van der Waals surface area (Å²) in [4.78, 5) is 76.5. The van der Waals surface area contributed by atoms with Gasteiger partial charge in [-0.2, -0.15) is 0 Å². The zero-order chi connectivity index (χ0) is 48.9. The van der Waals surface area contributed by atoms with Crippen molar-refractivity contribution in [3.8, 4) is 0 Å². The third kappa shape index (κ3) is 24.7. The van der Waals surface area contributed by atoms with Crippen LogP contribution in [0.2, 0.25) is 0 Å². The Morgan fingerprint density at radius 1 is 0.431 bits per heavy atom. The normalized spacial score (nSPS) is 27.4. The third-order valence-corrected chi connectivity index (χ3v) is 13.4. The van der Waals surface area contributed by atoms with Gasteiger partial charge in [-0.1, -0.05) is 129 Å². The molecule has 0 saturated carbocycles. The van der Waals surface area contributed by atoms with Crippen LogP contribution in [0.5, 0.6) is 0 Å². The molecule has 0 aliphatic carbocycles. The maximum Gasteiger partial charge on any atom is 0.470 e. The fourth-order valence-corrected chi connectivity index (χ4v) is 10.3. The van der Waals surface area contributed by atoms with Crippen molar-refractivity contribution in [3.63, 3.8) is 0 Å². The van der Waals surface area contributed by atoms with E-state index in [-0.39, 0.29) is 13.2 Å². The van der Waals surface area contributed by atoms with Gasteiger partial charge in [0.05, 0.1) is 26.4 Å². The van der Waals surface area contributed by atoms with Crippen molar-refractivity contribution in [1.82, 2.24) is 0 Å². The molecule has 2 heterocycles. The van der Waals surface area contributed by atoms with Crippen molar-refractivity contribution in [2.75, 3.05) is 26.4 Å². The summed E-state index contributed by atoms with van der Waals surface area (Å²) in [5.74, 6) is 0. The molecule has 10 atom stereocenters. The number of hydrogen-bond acceptors (Lipinski definition) is 16. The van der Waals surface area contributed by atoms with Gasteiger partial charge in [0.2, 0.25) is 0 Å². The molecule has 0 spiro atoms. The second kappa shape index (κ2) is 30.1. The van der Waals surface area contributed by atoms with E-state index in [2.05, 4.69) is 16.0 Å². The van der Waals surface area contributed by atoms with Gasteiger partial charge in [0.25, 0.3) is 0 Å². The van der Waals surface area contributed by atoms with E-state index < -0.39 is 111 Å². The molecule has 0 radical (unpaired) electrons. The maximum atomic E-state index is 12.0. The first kappa shape index (κ1) is 61.2. The number of aliphatic hydroxyl groups excluding tert-OH is 4. The molecule has 12 N–H and O–H groups in total. The molecule has 2 fully saturated rings. The summed E-state index contributed by atoms with van der Waals surface area (Å²) in [7, 11) is -21.9. The highest BCUT2D eigenvalue weighted by Crippen LogP contribution is 2.49. The molecule has 24 nitrogen and oxygen atoms in total. The molecular formula is C37H76O24P4. The largest absolute Gasteiger partial charge is 0.470 e. The van der Waals surface area contributed by atoms with Crippen LogP contribution in [0.15, 0.2) is 0 Å². The van der Waals surface area contributed by atoms with Crippen LogP contribution in [0.25, 0.3) is 0 Å². The molecule has 0 amide bonds. The molecule has 388 valence electrons. The Hall–Kier alpha value is 0.120. The molecule has 0 aromatic rings. The predicted molar refractivity (Wildman–Crippen MR) is 229 cm³/mol. The Kier molecular flexibility index (Phi) is 28.4. The molecule has 0 bridgehead atoms. The van der Waals surface area contributed by atoms with E-state index in [9.17, 15) is 77.8 Å². The smallest absolute Gasteiger partial charge is 0.394 e. The van der Waals surface area contributed by atoms with E-state index in [0.29, 0.717) is 25.7 Å². The first-order valence-corrected chi connectivity index (χ1v) is 28.6. The molecular weight excluding hydrogens is 952 g/mol. The van der Waals surface area contributed by atoms with Gasteiger partial charge in [-0.15, -0.1) is 0 Å². The number of aliphatic hydroxyl groups is 4. The average Bonchev–Trinajstić information content (AvgIpc) is 3.20. The molecule has 0 aromatic carbocycles. The second-order valence-electron chi connectivity index (χ2n) is 17.0. The molecule has 2 aliphatic heterocycles. The standard InChI is InChI=1S/C37H76O24P4/c1-3-5-7-9-10-11-12-13-14-15-16-17-18-20-22-37(21-19-8-6-4-2,25-54-35-29(40)33(60-64(48,49)50)31(27(23-38)56-35)58-62(42,43)44)26-55-36-30(41)34(61-65(51,52)53)32(28(24-39)57-36)59-63(45,46)47/h27-36,38-41H,3-26H2,1-2H3,(H2,42,43,44)(H2,45,46,47)(H2,48,49,50)(H2,51,52,53)/t27-,28-,29-,30-,31+,32+,33-,34-,35-,36-/m1/s1. The summed E-state index contributed by atoms with van der Waals surface area (Å²) >= 11 is 0. The Balaban J connectivity index is 2.41. The first-order valence-electron chi connectivity index (χ1n) is 22.5. The lowest BCUT2D eigenvalue weighted by Crippen LogP contribution is -2.61. The van der Waals surface area contributed by atoms with Crippen LogP contribution in [0, 0.1) is 5.41 Å². The Labute approximate surface area is 381 Å². The minimum Gasteiger partial charge on any atom is -0.394 e. The Morgan fingerprint density at radius 2 is 0.692 bits per heavy atom. The fraction of sp³-hybridized carbons (Fsp3) is 1.00.